The van der Waals surface area contributed by atoms with Crippen molar-refractivity contribution in [2.75, 3.05) is 12.3 Å². The van der Waals surface area contributed by atoms with Crippen LogP contribution in [0.1, 0.15) is 22.7 Å². The van der Waals surface area contributed by atoms with E-state index in [0.29, 0.717) is 5.69 Å². The Bertz CT molecular complexity index is 310. The smallest absolute Gasteiger partial charge is 0.0625 e. The van der Waals surface area contributed by atoms with Crippen molar-refractivity contribution in [3.8, 4) is 0 Å². The summed E-state index contributed by atoms with van der Waals surface area (Å²) in [6.07, 6.45) is 0. The number of nitrogens with two attached hydrogens (primary N) is 2. The highest BCUT2D eigenvalue weighted by Gasteiger charge is 2.10. The molecule has 1 atom stereocenters. The molecule has 0 aliphatic rings. The Morgan fingerprint density at radius 1 is 1.38 bits per heavy atom. The molecule has 13 heavy (non-hydrogen) atoms. The average Bonchev–Trinajstić information content (AvgIpc) is 2.10. The molecule has 0 spiro atoms. The fourth-order valence-corrected chi connectivity index (χ4v) is 1.42. The van der Waals surface area contributed by atoms with Crippen molar-refractivity contribution in [1.82, 2.24) is 0 Å². The molecule has 1 rings (SSSR count). The average molecular weight is 180 g/mol. The Kier molecular flexibility index (Phi) is 2.90. The molecule has 0 heterocycles. The molecule has 0 aliphatic carbocycles. The molecule has 0 unspecified atom stereocenters. The Labute approximate surface area is 78.4 Å². The van der Waals surface area contributed by atoms with E-state index in [0.717, 1.165) is 16.7 Å². The summed E-state index contributed by atoms with van der Waals surface area (Å²) in [5.41, 5.74) is 15.2. The van der Waals surface area contributed by atoms with Crippen molar-refractivity contribution in [2.24, 2.45) is 5.73 Å². The Morgan fingerprint density at radius 3 is 2.54 bits per heavy atom. The van der Waals surface area contributed by atoms with Gasteiger partial charge in [0.2, 0.25) is 0 Å². The highest BCUT2D eigenvalue weighted by molar-refractivity contribution is 5.56. The minimum atomic E-state index is -0.376. The second-order valence-electron chi connectivity index (χ2n) is 3.37. The number of anilines is 1. The molecule has 5 N–H and O–H groups in total. The number of hydrogen-bond donors (Lipinski definition) is 3. The Balaban J connectivity index is 3.20. The van der Waals surface area contributed by atoms with E-state index in [1.807, 2.05) is 26.0 Å². The van der Waals surface area contributed by atoms with Gasteiger partial charge in [-0.1, -0.05) is 17.7 Å². The van der Waals surface area contributed by atoms with Crippen molar-refractivity contribution in [3.05, 3.63) is 28.8 Å². The fraction of sp³-hybridized carbons (Fsp3) is 0.400. The fourth-order valence-electron chi connectivity index (χ4n) is 1.42. The first-order valence-corrected chi connectivity index (χ1v) is 4.29. The summed E-state index contributed by atoms with van der Waals surface area (Å²) in [6, 6.07) is 3.55. The zero-order valence-electron chi connectivity index (χ0n) is 8.04. The molecule has 0 aromatic heterocycles. The van der Waals surface area contributed by atoms with Crippen molar-refractivity contribution in [1.29, 1.82) is 0 Å². The third-order valence-corrected chi connectivity index (χ3v) is 2.16. The van der Waals surface area contributed by atoms with Gasteiger partial charge in [-0.2, -0.15) is 0 Å². The molecular formula is C10H16N2O. The standard InChI is InChI=1S/C10H16N2O/c1-6-3-7(2)10(12)8(4-6)9(11)5-13/h3-4,9,13H,5,11-12H2,1-2H3/t9-/m0/s1. The van der Waals surface area contributed by atoms with Gasteiger partial charge < -0.3 is 16.6 Å². The summed E-state index contributed by atoms with van der Waals surface area (Å²) in [4.78, 5) is 0. The molecule has 0 aliphatic heterocycles. The monoisotopic (exact) mass is 180 g/mol. The highest BCUT2D eigenvalue weighted by Crippen LogP contribution is 2.23. The Hall–Kier alpha value is -1.06. The van der Waals surface area contributed by atoms with Crippen LogP contribution in [0.25, 0.3) is 0 Å². The summed E-state index contributed by atoms with van der Waals surface area (Å²) >= 11 is 0. The van der Waals surface area contributed by atoms with Gasteiger partial charge in [0.15, 0.2) is 0 Å². The number of benzene rings is 1. The van der Waals surface area contributed by atoms with Crippen molar-refractivity contribution in [2.45, 2.75) is 19.9 Å². The third kappa shape index (κ3) is 1.99. The van der Waals surface area contributed by atoms with Crippen LogP contribution in [0, 0.1) is 13.8 Å². The molecule has 0 saturated heterocycles. The second kappa shape index (κ2) is 3.77. The quantitative estimate of drug-likeness (QED) is 0.591. The molecule has 3 heteroatoms. The van der Waals surface area contributed by atoms with Crippen LogP contribution in [-0.4, -0.2) is 11.7 Å². The van der Waals surface area contributed by atoms with E-state index in [-0.39, 0.29) is 12.6 Å². The van der Waals surface area contributed by atoms with E-state index in [1.165, 1.54) is 0 Å². The minimum Gasteiger partial charge on any atom is -0.398 e. The maximum absolute atomic E-state index is 8.91. The lowest BCUT2D eigenvalue weighted by atomic mass is 9.99. The van der Waals surface area contributed by atoms with E-state index in [9.17, 15) is 0 Å². The molecule has 0 saturated carbocycles. The van der Waals surface area contributed by atoms with Gasteiger partial charge in [0.1, 0.15) is 0 Å². The van der Waals surface area contributed by atoms with E-state index in [1.54, 1.807) is 0 Å². The SMILES string of the molecule is Cc1cc(C)c(N)c([C@@H](N)CO)c1. The molecular weight excluding hydrogens is 164 g/mol. The molecule has 1 aromatic carbocycles. The Morgan fingerprint density at radius 2 is 2.00 bits per heavy atom. The minimum absolute atomic E-state index is 0.0763. The van der Waals surface area contributed by atoms with Crippen LogP contribution in [0.3, 0.4) is 0 Å². The lowest BCUT2D eigenvalue weighted by molar-refractivity contribution is 0.268. The van der Waals surface area contributed by atoms with Crippen LogP contribution in [0.15, 0.2) is 12.1 Å². The molecule has 72 valence electrons. The van der Waals surface area contributed by atoms with Crippen LogP contribution in [0.2, 0.25) is 0 Å². The predicted molar refractivity (Wildman–Crippen MR) is 54.3 cm³/mol. The first kappa shape index (κ1) is 10.0. The highest BCUT2D eigenvalue weighted by atomic mass is 16.3. The van der Waals surface area contributed by atoms with E-state index < -0.39 is 0 Å². The van der Waals surface area contributed by atoms with Gasteiger partial charge in [-0.15, -0.1) is 0 Å². The molecule has 0 radical (unpaired) electrons. The molecule has 0 amide bonds. The van der Waals surface area contributed by atoms with Crippen LogP contribution in [0.5, 0.6) is 0 Å². The van der Waals surface area contributed by atoms with Crippen molar-refractivity contribution in [3.63, 3.8) is 0 Å². The first-order chi connectivity index (χ1) is 6.06. The van der Waals surface area contributed by atoms with Gasteiger partial charge in [0.25, 0.3) is 0 Å². The van der Waals surface area contributed by atoms with E-state index in [4.69, 9.17) is 16.6 Å². The summed E-state index contributed by atoms with van der Waals surface area (Å²) in [5.74, 6) is 0. The molecule has 0 bridgehead atoms. The summed E-state index contributed by atoms with van der Waals surface area (Å²) in [7, 11) is 0. The first-order valence-electron chi connectivity index (χ1n) is 4.29. The molecule has 1 aromatic rings. The van der Waals surface area contributed by atoms with Gasteiger partial charge >= 0.3 is 0 Å². The third-order valence-electron chi connectivity index (χ3n) is 2.16. The zero-order valence-corrected chi connectivity index (χ0v) is 8.04. The summed E-state index contributed by atoms with van der Waals surface area (Å²) in [5, 5.41) is 8.91. The lowest BCUT2D eigenvalue weighted by Gasteiger charge is -2.14. The van der Waals surface area contributed by atoms with Gasteiger partial charge in [0.05, 0.1) is 12.6 Å². The normalized spacial score (nSPS) is 12.9. The van der Waals surface area contributed by atoms with Crippen molar-refractivity contribution < 1.29 is 5.11 Å². The maximum atomic E-state index is 8.91. The van der Waals surface area contributed by atoms with Crippen LogP contribution < -0.4 is 11.5 Å². The van der Waals surface area contributed by atoms with Gasteiger partial charge in [-0.25, -0.2) is 0 Å². The maximum Gasteiger partial charge on any atom is 0.0625 e. The predicted octanol–water partition coefficient (Wildman–Crippen LogP) is 0.878. The number of hydrogen-bond acceptors (Lipinski definition) is 3. The number of rotatable bonds is 2. The zero-order chi connectivity index (χ0) is 10.0. The van der Waals surface area contributed by atoms with E-state index in [2.05, 4.69) is 0 Å². The lowest BCUT2D eigenvalue weighted by Crippen LogP contribution is -2.17. The number of aryl methyl sites for hydroxylation is 2. The van der Waals surface area contributed by atoms with Gasteiger partial charge in [-0.05, 0) is 25.0 Å². The summed E-state index contributed by atoms with van der Waals surface area (Å²) in [6.45, 7) is 3.85. The molecule has 3 nitrogen and oxygen atoms in total. The van der Waals surface area contributed by atoms with Gasteiger partial charge in [0, 0.05) is 5.69 Å². The van der Waals surface area contributed by atoms with Crippen LogP contribution in [-0.2, 0) is 0 Å². The topological polar surface area (TPSA) is 72.3 Å². The van der Waals surface area contributed by atoms with Crippen molar-refractivity contribution >= 4 is 5.69 Å². The molecule has 0 fully saturated rings. The largest absolute Gasteiger partial charge is 0.398 e. The van der Waals surface area contributed by atoms with E-state index >= 15 is 0 Å². The van der Waals surface area contributed by atoms with Gasteiger partial charge in [-0.3, -0.25) is 0 Å². The second-order valence-corrected chi connectivity index (χ2v) is 3.37. The number of aliphatic hydroxyl groups is 1. The van der Waals surface area contributed by atoms with Crippen LogP contribution in [0.4, 0.5) is 5.69 Å². The number of nitrogen functional groups attached to an aromatic ring is 1. The summed E-state index contributed by atoms with van der Waals surface area (Å²) < 4.78 is 0. The van der Waals surface area contributed by atoms with Crippen LogP contribution >= 0.6 is 0 Å². The number of aliphatic hydroxyl groups excluding tert-OH is 1.